The van der Waals surface area contributed by atoms with Gasteiger partial charge in [0.25, 0.3) is 0 Å². The monoisotopic (exact) mass is 186 g/mol. The van der Waals surface area contributed by atoms with E-state index < -0.39 is 0 Å². The summed E-state index contributed by atoms with van der Waals surface area (Å²) in [5.74, 6) is 0. The molecule has 0 radical (unpaired) electrons. The van der Waals surface area contributed by atoms with Gasteiger partial charge in [-0.3, -0.25) is 4.98 Å². The average Bonchev–Trinajstić information content (AvgIpc) is 2.07. The lowest BCUT2D eigenvalue weighted by Gasteiger charge is -1.98. The van der Waals surface area contributed by atoms with Gasteiger partial charge in [0.15, 0.2) is 0 Å². The van der Waals surface area contributed by atoms with Gasteiger partial charge in [0.2, 0.25) is 0 Å². The highest BCUT2D eigenvalue weighted by atomic mass is 35.5. The summed E-state index contributed by atoms with van der Waals surface area (Å²) in [6.07, 6.45) is 3.85. The fourth-order valence-corrected chi connectivity index (χ4v) is 0.960. The van der Waals surface area contributed by atoms with Crippen molar-refractivity contribution in [3.63, 3.8) is 0 Å². The number of nitrogens with two attached hydrogens (primary N) is 1. The summed E-state index contributed by atoms with van der Waals surface area (Å²) in [4.78, 5) is 4.26. The van der Waals surface area contributed by atoms with Gasteiger partial charge in [0.1, 0.15) is 0 Å². The van der Waals surface area contributed by atoms with Crippen molar-refractivity contribution in [3.05, 3.63) is 29.6 Å². The van der Waals surface area contributed by atoms with Gasteiger partial charge in [-0.1, -0.05) is 13.0 Å². The fourth-order valence-electron chi connectivity index (χ4n) is 0.960. The Bertz CT molecular complexity index is 208. The molecule has 1 aromatic heterocycles. The van der Waals surface area contributed by atoms with Crippen LogP contribution in [0.2, 0.25) is 0 Å². The van der Waals surface area contributed by atoms with Crippen LogP contribution >= 0.6 is 12.4 Å². The first-order valence-corrected chi connectivity index (χ1v) is 4.00. The molecule has 0 saturated heterocycles. The Morgan fingerprint density at radius 2 is 2.17 bits per heavy atom. The first kappa shape index (κ1) is 11.4. The normalized spacial score (nSPS) is 9.17. The fraction of sp³-hybridized carbons (Fsp3) is 0.444. The maximum absolute atomic E-state index is 5.39. The third-order valence-electron chi connectivity index (χ3n) is 1.69. The number of aryl methyl sites for hydroxylation is 1. The van der Waals surface area contributed by atoms with Crippen LogP contribution in [0.1, 0.15) is 18.2 Å². The van der Waals surface area contributed by atoms with E-state index in [4.69, 9.17) is 5.73 Å². The largest absolute Gasteiger partial charge is 0.330 e. The topological polar surface area (TPSA) is 38.9 Å². The molecule has 0 atom stereocenters. The molecule has 0 aromatic carbocycles. The van der Waals surface area contributed by atoms with E-state index in [9.17, 15) is 0 Å². The molecule has 12 heavy (non-hydrogen) atoms. The van der Waals surface area contributed by atoms with E-state index in [2.05, 4.69) is 18.0 Å². The van der Waals surface area contributed by atoms with Gasteiger partial charge in [0.05, 0.1) is 0 Å². The first-order valence-electron chi connectivity index (χ1n) is 4.00. The molecule has 2 N–H and O–H groups in total. The number of halogens is 1. The van der Waals surface area contributed by atoms with Gasteiger partial charge in [-0.2, -0.15) is 0 Å². The van der Waals surface area contributed by atoms with Gasteiger partial charge in [-0.15, -0.1) is 12.4 Å². The van der Waals surface area contributed by atoms with Gasteiger partial charge in [0, 0.05) is 18.3 Å². The van der Waals surface area contributed by atoms with Crippen LogP contribution in [0.5, 0.6) is 0 Å². The predicted molar refractivity (Wildman–Crippen MR) is 53.6 cm³/mol. The molecule has 0 spiro atoms. The Labute approximate surface area is 79.6 Å². The minimum Gasteiger partial charge on any atom is -0.330 e. The van der Waals surface area contributed by atoms with E-state index in [1.54, 1.807) is 0 Å². The molecule has 68 valence electrons. The third kappa shape index (κ3) is 3.20. The molecule has 0 bridgehead atoms. The molecule has 0 unspecified atom stereocenters. The van der Waals surface area contributed by atoms with E-state index in [1.807, 2.05) is 12.3 Å². The van der Waals surface area contributed by atoms with Crippen LogP contribution in [0.25, 0.3) is 0 Å². The third-order valence-corrected chi connectivity index (χ3v) is 1.69. The number of hydrogen-bond donors (Lipinski definition) is 1. The number of nitrogens with zero attached hydrogens (tertiary/aromatic N) is 1. The molecular weight excluding hydrogens is 172 g/mol. The summed E-state index contributed by atoms with van der Waals surface area (Å²) in [5, 5.41) is 0. The van der Waals surface area contributed by atoms with Crippen molar-refractivity contribution >= 4 is 12.4 Å². The lowest BCUT2D eigenvalue weighted by Crippen LogP contribution is -2.04. The summed E-state index contributed by atoms with van der Waals surface area (Å²) < 4.78 is 0. The standard InChI is InChI=1S/C9H14N2.ClH/c1-2-8-3-4-9(5-6-10)11-7-8;/h3-4,7H,2,5-6,10H2,1H3;1H. The van der Waals surface area contributed by atoms with Crippen molar-refractivity contribution in [2.45, 2.75) is 19.8 Å². The van der Waals surface area contributed by atoms with E-state index >= 15 is 0 Å². The van der Waals surface area contributed by atoms with Gasteiger partial charge >= 0.3 is 0 Å². The average molecular weight is 187 g/mol. The van der Waals surface area contributed by atoms with Crippen LogP contribution < -0.4 is 5.73 Å². The summed E-state index contributed by atoms with van der Waals surface area (Å²) in [5.41, 5.74) is 7.76. The van der Waals surface area contributed by atoms with E-state index in [0.717, 1.165) is 18.5 Å². The highest BCUT2D eigenvalue weighted by molar-refractivity contribution is 5.85. The van der Waals surface area contributed by atoms with Gasteiger partial charge in [-0.05, 0) is 24.6 Å². The van der Waals surface area contributed by atoms with Crippen molar-refractivity contribution < 1.29 is 0 Å². The molecule has 0 amide bonds. The summed E-state index contributed by atoms with van der Waals surface area (Å²) >= 11 is 0. The molecule has 1 rings (SSSR count). The minimum atomic E-state index is 0. The lowest BCUT2D eigenvalue weighted by atomic mass is 10.2. The van der Waals surface area contributed by atoms with Crippen molar-refractivity contribution in [3.8, 4) is 0 Å². The highest BCUT2D eigenvalue weighted by Crippen LogP contribution is 2.00. The Hall–Kier alpha value is -0.600. The van der Waals surface area contributed by atoms with Crippen LogP contribution in [0.15, 0.2) is 18.3 Å². The van der Waals surface area contributed by atoms with Crippen molar-refractivity contribution in [1.82, 2.24) is 4.98 Å². The Morgan fingerprint density at radius 3 is 2.58 bits per heavy atom. The molecule has 3 heteroatoms. The number of hydrogen-bond acceptors (Lipinski definition) is 2. The lowest BCUT2D eigenvalue weighted by molar-refractivity contribution is 0.915. The molecule has 0 saturated carbocycles. The maximum Gasteiger partial charge on any atom is 0.0416 e. The molecule has 0 aliphatic rings. The van der Waals surface area contributed by atoms with Crippen molar-refractivity contribution in [2.75, 3.05) is 6.54 Å². The molecule has 2 nitrogen and oxygen atoms in total. The smallest absolute Gasteiger partial charge is 0.0416 e. The van der Waals surface area contributed by atoms with Crippen LogP contribution in [0, 0.1) is 0 Å². The SMILES string of the molecule is CCc1ccc(CCN)nc1.Cl. The quantitative estimate of drug-likeness (QED) is 0.779. The molecular formula is C9H15ClN2. The Balaban J connectivity index is 0.00000121. The zero-order valence-electron chi connectivity index (χ0n) is 7.29. The molecule has 1 aromatic rings. The summed E-state index contributed by atoms with van der Waals surface area (Å²) in [7, 11) is 0. The van der Waals surface area contributed by atoms with Gasteiger partial charge in [-0.25, -0.2) is 0 Å². The van der Waals surface area contributed by atoms with Crippen LogP contribution in [-0.4, -0.2) is 11.5 Å². The molecule has 0 aliphatic carbocycles. The minimum absolute atomic E-state index is 0. The van der Waals surface area contributed by atoms with E-state index in [-0.39, 0.29) is 12.4 Å². The number of rotatable bonds is 3. The van der Waals surface area contributed by atoms with Crippen molar-refractivity contribution in [1.29, 1.82) is 0 Å². The zero-order valence-corrected chi connectivity index (χ0v) is 8.10. The van der Waals surface area contributed by atoms with E-state index in [0.29, 0.717) is 6.54 Å². The zero-order chi connectivity index (χ0) is 8.10. The molecule has 1 heterocycles. The van der Waals surface area contributed by atoms with E-state index in [1.165, 1.54) is 5.56 Å². The van der Waals surface area contributed by atoms with Crippen LogP contribution in [-0.2, 0) is 12.8 Å². The number of aromatic nitrogens is 1. The Kier molecular flexibility index (Phi) is 5.68. The van der Waals surface area contributed by atoms with Crippen molar-refractivity contribution in [2.24, 2.45) is 5.73 Å². The maximum atomic E-state index is 5.39. The highest BCUT2D eigenvalue weighted by Gasteiger charge is 1.92. The van der Waals surface area contributed by atoms with Crippen LogP contribution in [0.4, 0.5) is 0 Å². The second-order valence-electron chi connectivity index (χ2n) is 2.55. The van der Waals surface area contributed by atoms with Gasteiger partial charge < -0.3 is 5.73 Å². The Morgan fingerprint density at radius 1 is 1.42 bits per heavy atom. The molecule has 0 fully saturated rings. The summed E-state index contributed by atoms with van der Waals surface area (Å²) in [6.45, 7) is 2.80. The van der Waals surface area contributed by atoms with Crippen LogP contribution in [0.3, 0.4) is 0 Å². The predicted octanol–water partition coefficient (Wildman–Crippen LogP) is 1.57. The number of pyridine rings is 1. The second-order valence-corrected chi connectivity index (χ2v) is 2.55. The molecule has 0 aliphatic heterocycles. The summed E-state index contributed by atoms with van der Waals surface area (Å²) in [6, 6.07) is 4.16. The first-order chi connectivity index (χ1) is 5.36. The second kappa shape index (κ2) is 5.98.